The Hall–Kier alpha value is -1.82. The molecule has 21 heavy (non-hydrogen) atoms. The zero-order valence-corrected chi connectivity index (χ0v) is 12.8. The lowest BCUT2D eigenvalue weighted by Gasteiger charge is -2.10. The van der Waals surface area contributed by atoms with Gasteiger partial charge in [-0.3, -0.25) is 0 Å². The number of carbonyl (C=O) groups is 1. The van der Waals surface area contributed by atoms with E-state index in [2.05, 4.69) is 16.5 Å². The van der Waals surface area contributed by atoms with Crippen molar-refractivity contribution < 1.29 is 14.6 Å². The van der Waals surface area contributed by atoms with Gasteiger partial charge in [-0.15, -0.1) is 0 Å². The minimum Gasteiger partial charge on any atom is -0.479 e. The number of allylic oxidation sites excluding steroid dienone is 2. The van der Waals surface area contributed by atoms with Crippen molar-refractivity contribution in [1.29, 1.82) is 0 Å². The van der Waals surface area contributed by atoms with E-state index in [-0.39, 0.29) is 6.61 Å². The Morgan fingerprint density at radius 3 is 3.00 bits per heavy atom. The van der Waals surface area contributed by atoms with E-state index in [9.17, 15) is 4.79 Å². The van der Waals surface area contributed by atoms with Crippen molar-refractivity contribution in [2.75, 3.05) is 12.4 Å². The van der Waals surface area contributed by atoms with Crippen LogP contribution in [0.1, 0.15) is 24.6 Å². The van der Waals surface area contributed by atoms with Crippen molar-refractivity contribution in [3.63, 3.8) is 0 Å². The van der Waals surface area contributed by atoms with Gasteiger partial charge in [-0.25, -0.2) is 9.78 Å². The van der Waals surface area contributed by atoms with Gasteiger partial charge in [-0.05, 0) is 31.8 Å². The standard InChI is InChI=1S/C15H18N2O3S/c1-3-5-10(2)9-21-15-16-12-7-4-6-11(12)14(17-15)20-8-13(18)19/h3,5H,2,4,6-9H2,1H3,(H,18,19)/b5-3-. The number of carboxylic acid groups (broad SMARTS) is 1. The molecule has 5 nitrogen and oxygen atoms in total. The molecular weight excluding hydrogens is 288 g/mol. The number of hydrogen-bond acceptors (Lipinski definition) is 5. The second-order valence-corrected chi connectivity index (χ2v) is 5.66. The Bertz CT molecular complexity index is 585. The molecule has 0 amide bonds. The number of nitrogens with zero attached hydrogens (tertiary/aromatic N) is 2. The van der Waals surface area contributed by atoms with E-state index in [1.54, 1.807) is 0 Å². The Labute approximate surface area is 128 Å². The maximum absolute atomic E-state index is 10.7. The van der Waals surface area contributed by atoms with Crippen LogP contribution in [-0.4, -0.2) is 33.4 Å². The monoisotopic (exact) mass is 306 g/mol. The average Bonchev–Trinajstić information content (AvgIpc) is 2.91. The Balaban J connectivity index is 2.13. The average molecular weight is 306 g/mol. The Kier molecular flexibility index (Phi) is 5.38. The minimum atomic E-state index is -1.00. The van der Waals surface area contributed by atoms with E-state index in [1.807, 2.05) is 19.1 Å². The maximum Gasteiger partial charge on any atom is 0.341 e. The summed E-state index contributed by atoms with van der Waals surface area (Å²) in [5, 5.41) is 9.35. The number of rotatable bonds is 7. The summed E-state index contributed by atoms with van der Waals surface area (Å²) in [4.78, 5) is 19.5. The predicted octanol–water partition coefficient (Wildman–Crippen LogP) is 2.65. The molecule has 0 saturated carbocycles. The first-order valence-corrected chi connectivity index (χ1v) is 7.76. The highest BCUT2D eigenvalue weighted by molar-refractivity contribution is 7.99. The molecule has 0 saturated heterocycles. The van der Waals surface area contributed by atoms with Crippen molar-refractivity contribution >= 4 is 17.7 Å². The summed E-state index contributed by atoms with van der Waals surface area (Å²) in [5.41, 5.74) is 2.91. The maximum atomic E-state index is 10.7. The SMILES string of the molecule is C=C(/C=C\C)CSc1nc2c(c(OCC(=O)O)n1)CCC2. The van der Waals surface area contributed by atoms with Gasteiger partial charge in [0, 0.05) is 11.3 Å². The highest BCUT2D eigenvalue weighted by Crippen LogP contribution is 2.30. The molecule has 0 bridgehead atoms. The highest BCUT2D eigenvalue weighted by Gasteiger charge is 2.21. The van der Waals surface area contributed by atoms with Gasteiger partial charge in [0.05, 0.1) is 5.69 Å². The minimum absolute atomic E-state index is 0.376. The first-order valence-electron chi connectivity index (χ1n) is 6.77. The lowest BCUT2D eigenvalue weighted by Crippen LogP contribution is -2.12. The molecule has 6 heteroatoms. The van der Waals surface area contributed by atoms with Crippen LogP contribution in [0.2, 0.25) is 0 Å². The van der Waals surface area contributed by atoms with Crippen molar-refractivity contribution in [2.24, 2.45) is 0 Å². The quantitative estimate of drug-likeness (QED) is 0.474. The molecule has 1 heterocycles. The fourth-order valence-electron chi connectivity index (χ4n) is 2.13. The molecule has 0 atom stereocenters. The molecule has 1 aliphatic rings. The summed E-state index contributed by atoms with van der Waals surface area (Å²) in [6, 6.07) is 0. The number of fused-ring (bicyclic) bond motifs is 1. The summed E-state index contributed by atoms with van der Waals surface area (Å²) in [6.45, 7) is 5.51. The van der Waals surface area contributed by atoms with E-state index < -0.39 is 5.97 Å². The molecule has 1 aliphatic carbocycles. The summed E-state index contributed by atoms with van der Waals surface area (Å²) in [6.07, 6.45) is 6.63. The van der Waals surface area contributed by atoms with E-state index in [0.29, 0.717) is 16.8 Å². The third-order valence-corrected chi connectivity index (χ3v) is 3.95. The molecule has 0 fully saturated rings. The third-order valence-electron chi connectivity index (χ3n) is 3.00. The molecule has 0 unspecified atom stereocenters. The van der Waals surface area contributed by atoms with Crippen LogP contribution in [0.4, 0.5) is 0 Å². The summed E-state index contributed by atoms with van der Waals surface area (Å²) in [7, 11) is 0. The predicted molar refractivity (Wildman–Crippen MR) is 81.9 cm³/mol. The molecule has 0 radical (unpaired) electrons. The first-order chi connectivity index (χ1) is 10.1. The molecular formula is C15H18N2O3S. The van der Waals surface area contributed by atoms with Crippen LogP contribution < -0.4 is 4.74 Å². The summed E-state index contributed by atoms with van der Waals surface area (Å²) >= 11 is 1.48. The van der Waals surface area contributed by atoms with Crippen molar-refractivity contribution in [2.45, 2.75) is 31.3 Å². The van der Waals surface area contributed by atoms with Crippen LogP contribution in [-0.2, 0) is 17.6 Å². The van der Waals surface area contributed by atoms with Crippen molar-refractivity contribution in [3.8, 4) is 5.88 Å². The van der Waals surface area contributed by atoms with Gasteiger partial charge in [0.15, 0.2) is 11.8 Å². The molecule has 2 rings (SSSR count). The van der Waals surface area contributed by atoms with E-state index in [1.165, 1.54) is 11.8 Å². The van der Waals surface area contributed by atoms with E-state index >= 15 is 0 Å². The van der Waals surface area contributed by atoms with Crippen LogP contribution in [0, 0.1) is 0 Å². The zero-order chi connectivity index (χ0) is 15.2. The van der Waals surface area contributed by atoms with Crippen LogP contribution in [0.3, 0.4) is 0 Å². The molecule has 0 aliphatic heterocycles. The number of carboxylic acids is 1. The molecule has 112 valence electrons. The lowest BCUT2D eigenvalue weighted by molar-refractivity contribution is -0.139. The number of aliphatic carboxylic acids is 1. The molecule has 1 aromatic rings. The van der Waals surface area contributed by atoms with Gasteiger partial charge in [0.1, 0.15) is 0 Å². The molecule has 1 N–H and O–H groups in total. The first kappa shape index (κ1) is 15.6. The van der Waals surface area contributed by atoms with E-state index in [4.69, 9.17) is 9.84 Å². The summed E-state index contributed by atoms with van der Waals surface area (Å²) < 4.78 is 5.30. The van der Waals surface area contributed by atoms with Crippen LogP contribution >= 0.6 is 11.8 Å². The molecule has 1 aromatic heterocycles. The van der Waals surface area contributed by atoms with Crippen LogP contribution in [0.5, 0.6) is 5.88 Å². The van der Waals surface area contributed by atoms with Crippen molar-refractivity contribution in [3.05, 3.63) is 35.6 Å². The number of ether oxygens (including phenoxy) is 1. The van der Waals surface area contributed by atoms with Crippen LogP contribution in [0.15, 0.2) is 29.5 Å². The van der Waals surface area contributed by atoms with Gasteiger partial charge in [-0.1, -0.05) is 30.5 Å². The summed E-state index contributed by atoms with van der Waals surface area (Å²) in [5.74, 6) is 0.108. The fraction of sp³-hybridized carbons (Fsp3) is 0.400. The van der Waals surface area contributed by atoms with E-state index in [0.717, 1.165) is 36.1 Å². The number of hydrogen-bond donors (Lipinski definition) is 1. The van der Waals surface area contributed by atoms with Gasteiger partial charge >= 0.3 is 5.97 Å². The Morgan fingerprint density at radius 2 is 2.29 bits per heavy atom. The second-order valence-electron chi connectivity index (χ2n) is 4.72. The Morgan fingerprint density at radius 1 is 1.48 bits per heavy atom. The largest absolute Gasteiger partial charge is 0.479 e. The fourth-order valence-corrected chi connectivity index (χ4v) is 2.86. The normalized spacial score (nSPS) is 13.4. The van der Waals surface area contributed by atoms with Gasteiger partial charge < -0.3 is 9.84 Å². The number of aromatic nitrogens is 2. The van der Waals surface area contributed by atoms with Gasteiger partial charge in [0.2, 0.25) is 5.88 Å². The number of aryl methyl sites for hydroxylation is 1. The van der Waals surface area contributed by atoms with Crippen LogP contribution in [0.25, 0.3) is 0 Å². The second kappa shape index (κ2) is 7.26. The lowest BCUT2D eigenvalue weighted by atomic mass is 10.2. The third kappa shape index (κ3) is 4.32. The van der Waals surface area contributed by atoms with Gasteiger partial charge in [-0.2, -0.15) is 4.98 Å². The van der Waals surface area contributed by atoms with Crippen molar-refractivity contribution in [1.82, 2.24) is 9.97 Å². The molecule has 0 spiro atoms. The number of thioether (sulfide) groups is 1. The highest BCUT2D eigenvalue weighted by atomic mass is 32.2. The molecule has 0 aromatic carbocycles. The zero-order valence-electron chi connectivity index (χ0n) is 12.0. The smallest absolute Gasteiger partial charge is 0.341 e. The van der Waals surface area contributed by atoms with Gasteiger partial charge in [0.25, 0.3) is 0 Å². The topological polar surface area (TPSA) is 72.3 Å².